The van der Waals surface area contributed by atoms with Crippen LogP contribution in [0.1, 0.15) is 87.7 Å². The van der Waals surface area contributed by atoms with E-state index in [2.05, 4.69) is 6.92 Å². The van der Waals surface area contributed by atoms with Crippen LogP contribution in [0.5, 0.6) is 0 Å². The van der Waals surface area contributed by atoms with Gasteiger partial charge in [0.05, 0.1) is 0 Å². The molecule has 196 valence electrons. The molecule has 1 heterocycles. The zero-order valence-electron chi connectivity index (χ0n) is 20.7. The van der Waals surface area contributed by atoms with E-state index < -0.39 is 22.5 Å². The molecule has 2 aromatic carbocycles. The van der Waals surface area contributed by atoms with E-state index in [4.69, 9.17) is 3.97 Å². The molecular weight excluding hydrogens is 492 g/mol. The zero-order valence-corrected chi connectivity index (χ0v) is 22.4. The number of unbranched alkanes of at least 4 members (excludes halogenated alkanes) is 5. The Kier molecular flexibility index (Phi) is 9.10. The topological polar surface area (TPSA) is 43.4 Å². The first kappa shape index (κ1) is 28.1. The van der Waals surface area contributed by atoms with Gasteiger partial charge in [-0.1, -0.05) is 0 Å². The first-order valence-corrected chi connectivity index (χ1v) is 16.8. The number of hydrogen-bond donors (Lipinski definition) is 0. The molecule has 1 aliphatic heterocycles. The summed E-state index contributed by atoms with van der Waals surface area (Å²) in [6, 6.07) is 18.9. The summed E-state index contributed by atoms with van der Waals surface area (Å²) in [6.45, 7) is -0.0589. The average molecular weight is 531 g/mol. The second kappa shape index (κ2) is 11.3. The van der Waals surface area contributed by atoms with Crippen LogP contribution in [0.4, 0.5) is 13.2 Å². The Morgan fingerprint density at radius 3 is 1.69 bits per heavy atom. The van der Waals surface area contributed by atoms with Gasteiger partial charge in [0.1, 0.15) is 0 Å². The molecule has 0 unspecified atom stereocenters. The van der Waals surface area contributed by atoms with Gasteiger partial charge in [-0.05, 0) is 0 Å². The molecule has 0 aromatic heterocycles. The van der Waals surface area contributed by atoms with Gasteiger partial charge in [-0.2, -0.15) is 0 Å². The van der Waals surface area contributed by atoms with Crippen LogP contribution in [0, 0.1) is 0 Å². The summed E-state index contributed by atoms with van der Waals surface area (Å²) in [5.74, 6) is 0. The van der Waals surface area contributed by atoms with E-state index in [1.807, 2.05) is 67.6 Å². The Hall–Kier alpha value is -1.43. The van der Waals surface area contributed by atoms with E-state index in [-0.39, 0.29) is 17.5 Å². The molecule has 0 aliphatic carbocycles. The van der Waals surface area contributed by atoms with E-state index >= 15 is 0 Å². The van der Waals surface area contributed by atoms with E-state index in [0.29, 0.717) is 25.4 Å². The molecule has 3 nitrogen and oxygen atoms in total. The van der Waals surface area contributed by atoms with E-state index in [0.717, 1.165) is 43.2 Å². The SMILES string of the molecule is CCCCCCCCP1(CC)(OS(=O)(=O)C(F)(F)F)[C@H](c2ccccc2)CC[C@H]1c1ccccc1. The summed E-state index contributed by atoms with van der Waals surface area (Å²) in [5.41, 5.74) is -4.41. The van der Waals surface area contributed by atoms with Gasteiger partial charge in [0, 0.05) is 0 Å². The number of halogens is 3. The maximum absolute atomic E-state index is 13.9. The van der Waals surface area contributed by atoms with Crippen LogP contribution >= 0.6 is 6.83 Å². The number of hydrogen-bond acceptors (Lipinski definition) is 3. The third kappa shape index (κ3) is 5.62. The Balaban J connectivity index is 2.18. The van der Waals surface area contributed by atoms with Crippen molar-refractivity contribution in [2.24, 2.45) is 0 Å². The molecule has 1 fully saturated rings. The second-order valence-corrected chi connectivity index (χ2v) is 17.2. The van der Waals surface area contributed by atoms with Crippen molar-refractivity contribution in [2.75, 3.05) is 12.3 Å². The predicted octanol–water partition coefficient (Wildman–Crippen LogP) is 8.98. The molecule has 3 rings (SSSR count). The van der Waals surface area contributed by atoms with Crippen molar-refractivity contribution in [1.82, 2.24) is 0 Å². The first-order chi connectivity index (χ1) is 16.6. The van der Waals surface area contributed by atoms with Crippen LogP contribution in [-0.2, 0) is 14.1 Å². The molecule has 1 aliphatic rings. The Morgan fingerprint density at radius 2 is 1.26 bits per heavy atom. The van der Waals surface area contributed by atoms with Crippen molar-refractivity contribution in [3.8, 4) is 0 Å². The van der Waals surface area contributed by atoms with Crippen LogP contribution < -0.4 is 0 Å². The fourth-order valence-corrected chi connectivity index (χ4v) is 16.6. The summed E-state index contributed by atoms with van der Waals surface area (Å²) in [6.07, 6.45) is 7.69. The van der Waals surface area contributed by atoms with E-state index in [9.17, 15) is 21.6 Å². The normalized spacial score (nSPS) is 22.9. The summed E-state index contributed by atoms with van der Waals surface area (Å²) < 4.78 is 73.0. The summed E-state index contributed by atoms with van der Waals surface area (Å²) in [4.78, 5) is 0. The molecule has 0 spiro atoms. The van der Waals surface area contributed by atoms with Gasteiger partial charge in [-0.25, -0.2) is 0 Å². The fraction of sp³-hybridized carbons (Fsp3) is 0.556. The molecule has 8 heteroatoms. The monoisotopic (exact) mass is 530 g/mol. The van der Waals surface area contributed by atoms with Gasteiger partial charge in [0.2, 0.25) is 0 Å². The van der Waals surface area contributed by atoms with E-state index in [1.54, 1.807) is 0 Å². The number of alkyl halides is 3. The van der Waals surface area contributed by atoms with Crippen LogP contribution in [0.25, 0.3) is 0 Å². The molecule has 2 atom stereocenters. The Labute approximate surface area is 208 Å². The van der Waals surface area contributed by atoms with Crippen LogP contribution in [-0.4, -0.2) is 26.2 Å². The standard InChI is InChI=1S/C27H38F3O3PS/c1-3-5-6-7-8-15-22-34(4-2,33-35(31,32)27(28,29)30)25(23-16-11-9-12-17-23)20-21-26(34)24-18-13-10-14-19-24/h9-14,16-19,25-26H,3-8,15,20-22H2,1-2H3/t25-,26-/m0/s1. The van der Waals surface area contributed by atoms with Crippen molar-refractivity contribution in [1.29, 1.82) is 0 Å². The Morgan fingerprint density at radius 1 is 0.800 bits per heavy atom. The minimum atomic E-state index is -5.79. The molecule has 0 N–H and O–H groups in total. The van der Waals surface area contributed by atoms with Crippen molar-refractivity contribution in [3.63, 3.8) is 0 Å². The molecule has 0 radical (unpaired) electrons. The molecular formula is C27H38F3O3PS. The second-order valence-electron chi connectivity index (χ2n) is 9.78. The van der Waals surface area contributed by atoms with Crippen molar-refractivity contribution >= 4 is 16.9 Å². The Bertz CT molecular complexity index is 995. The molecule has 0 amide bonds. The quantitative estimate of drug-likeness (QED) is 0.156. The van der Waals surface area contributed by atoms with Crippen molar-refractivity contribution < 1.29 is 25.6 Å². The third-order valence-electron chi connectivity index (χ3n) is 7.89. The molecule has 0 saturated carbocycles. The first-order valence-electron chi connectivity index (χ1n) is 12.7. The van der Waals surface area contributed by atoms with Gasteiger partial charge < -0.3 is 0 Å². The fourth-order valence-electron chi connectivity index (χ4n) is 6.20. The van der Waals surface area contributed by atoms with Gasteiger partial charge >= 0.3 is 209 Å². The maximum atomic E-state index is 13.9. The molecule has 35 heavy (non-hydrogen) atoms. The van der Waals surface area contributed by atoms with Crippen LogP contribution in [0.3, 0.4) is 0 Å². The van der Waals surface area contributed by atoms with Crippen LogP contribution in [0.15, 0.2) is 60.7 Å². The predicted molar refractivity (Wildman–Crippen MR) is 139 cm³/mol. The number of rotatable bonds is 12. The van der Waals surface area contributed by atoms with Gasteiger partial charge in [0.25, 0.3) is 0 Å². The molecule has 0 bridgehead atoms. The minimum absolute atomic E-state index is 0.287. The third-order valence-corrected chi connectivity index (χ3v) is 17.6. The summed E-state index contributed by atoms with van der Waals surface area (Å²) >= 11 is 0. The molecule has 2 aromatic rings. The average Bonchev–Trinajstić information content (AvgIpc) is 3.17. The van der Waals surface area contributed by atoms with Crippen LogP contribution in [0.2, 0.25) is 0 Å². The summed E-state index contributed by atoms with van der Waals surface area (Å²) in [7, 11) is -5.79. The number of benzene rings is 2. The van der Waals surface area contributed by atoms with Gasteiger partial charge in [-0.15, -0.1) is 0 Å². The zero-order chi connectivity index (χ0) is 25.6. The summed E-state index contributed by atoms with van der Waals surface area (Å²) in [5, 5.41) is 0. The van der Waals surface area contributed by atoms with Crippen molar-refractivity contribution in [3.05, 3.63) is 71.8 Å². The van der Waals surface area contributed by atoms with Gasteiger partial charge in [-0.3, -0.25) is 0 Å². The van der Waals surface area contributed by atoms with Crippen molar-refractivity contribution in [2.45, 2.75) is 82.0 Å². The van der Waals surface area contributed by atoms with E-state index in [1.165, 1.54) is 0 Å². The molecule has 1 saturated heterocycles. The van der Waals surface area contributed by atoms with Gasteiger partial charge in [0.15, 0.2) is 0 Å².